The van der Waals surface area contributed by atoms with E-state index in [0.29, 0.717) is 13.0 Å². The van der Waals surface area contributed by atoms with Gasteiger partial charge >= 0.3 is 11.9 Å². The summed E-state index contributed by atoms with van der Waals surface area (Å²) in [5.74, 6) is -1.20. The molecule has 0 amide bonds. The molecule has 1 unspecified atom stereocenters. The zero-order valence-electron chi connectivity index (χ0n) is 12.8. The van der Waals surface area contributed by atoms with Gasteiger partial charge in [0.15, 0.2) is 0 Å². The van der Waals surface area contributed by atoms with E-state index in [9.17, 15) is 9.59 Å². The summed E-state index contributed by atoms with van der Waals surface area (Å²) in [6, 6.07) is 8.69. The number of carbonyl (C=O) groups is 2. The Morgan fingerprint density at radius 2 is 1.86 bits per heavy atom. The van der Waals surface area contributed by atoms with Gasteiger partial charge in [-0.2, -0.15) is 0 Å². The summed E-state index contributed by atoms with van der Waals surface area (Å²) in [5, 5.41) is 11.7. The van der Waals surface area contributed by atoms with Crippen LogP contribution in [0, 0.1) is 0 Å². The van der Waals surface area contributed by atoms with Gasteiger partial charge in [-0.25, -0.2) is 4.79 Å². The first-order valence-corrected chi connectivity index (χ1v) is 7.02. The highest BCUT2D eigenvalue weighted by atomic mass is 16.6. The molecule has 0 aliphatic carbocycles. The fourth-order valence-electron chi connectivity index (χ4n) is 1.83. The minimum atomic E-state index is -0.842. The average molecular weight is 293 g/mol. The van der Waals surface area contributed by atoms with Gasteiger partial charge < -0.3 is 15.2 Å². The van der Waals surface area contributed by atoms with E-state index in [0.717, 1.165) is 5.56 Å². The molecule has 1 atom stereocenters. The summed E-state index contributed by atoms with van der Waals surface area (Å²) >= 11 is 0. The van der Waals surface area contributed by atoms with E-state index in [1.54, 1.807) is 0 Å². The minimum absolute atomic E-state index is 0.0723. The van der Waals surface area contributed by atoms with E-state index < -0.39 is 17.6 Å². The van der Waals surface area contributed by atoms with Crippen LogP contribution in [0.3, 0.4) is 0 Å². The number of hydrogen-bond donors (Lipinski definition) is 2. The minimum Gasteiger partial charge on any atom is -0.481 e. The Balaban J connectivity index is 2.71. The van der Waals surface area contributed by atoms with Gasteiger partial charge in [0.05, 0.1) is 0 Å². The molecule has 1 rings (SSSR count). The molecule has 2 N–H and O–H groups in total. The van der Waals surface area contributed by atoms with Crippen molar-refractivity contribution in [1.29, 1.82) is 0 Å². The van der Waals surface area contributed by atoms with Crippen molar-refractivity contribution in [3.8, 4) is 0 Å². The third-order valence-electron chi connectivity index (χ3n) is 2.69. The summed E-state index contributed by atoms with van der Waals surface area (Å²) in [6.45, 7) is 5.89. The van der Waals surface area contributed by atoms with Crippen LogP contribution in [0.2, 0.25) is 0 Å². The predicted octanol–water partition coefficient (Wildman–Crippen LogP) is 2.52. The maximum atomic E-state index is 12.3. The quantitative estimate of drug-likeness (QED) is 0.597. The van der Waals surface area contributed by atoms with Gasteiger partial charge in [0.25, 0.3) is 0 Å². The molecule has 0 bridgehead atoms. The molecule has 0 radical (unpaired) electrons. The Morgan fingerprint density at radius 3 is 2.38 bits per heavy atom. The maximum Gasteiger partial charge on any atom is 0.328 e. The average Bonchev–Trinajstić information content (AvgIpc) is 2.37. The zero-order chi connectivity index (χ0) is 15.9. The highest BCUT2D eigenvalue weighted by Crippen LogP contribution is 2.18. The van der Waals surface area contributed by atoms with Crippen molar-refractivity contribution in [3.05, 3.63) is 35.9 Å². The van der Waals surface area contributed by atoms with Crippen LogP contribution in [0.5, 0.6) is 0 Å². The lowest BCUT2D eigenvalue weighted by Crippen LogP contribution is -2.35. The summed E-state index contributed by atoms with van der Waals surface area (Å²) in [7, 11) is 0. The number of ether oxygens (including phenoxy) is 1. The topological polar surface area (TPSA) is 75.6 Å². The lowest BCUT2D eigenvalue weighted by molar-refractivity contribution is -0.157. The Bertz CT molecular complexity index is 465. The highest BCUT2D eigenvalue weighted by Gasteiger charge is 2.26. The second kappa shape index (κ2) is 7.78. The molecule has 0 aromatic heterocycles. The Hall–Kier alpha value is -1.88. The molecular weight excluding hydrogens is 270 g/mol. The molecule has 21 heavy (non-hydrogen) atoms. The molecule has 1 aromatic carbocycles. The van der Waals surface area contributed by atoms with E-state index in [1.165, 1.54) is 0 Å². The zero-order valence-corrected chi connectivity index (χ0v) is 12.8. The maximum absolute atomic E-state index is 12.3. The molecule has 0 aliphatic heterocycles. The predicted molar refractivity (Wildman–Crippen MR) is 79.9 cm³/mol. The van der Waals surface area contributed by atoms with Gasteiger partial charge in [0, 0.05) is 6.42 Å². The first-order chi connectivity index (χ1) is 9.79. The van der Waals surface area contributed by atoms with Crippen LogP contribution in [0.4, 0.5) is 0 Å². The number of carboxylic acids is 1. The summed E-state index contributed by atoms with van der Waals surface area (Å²) in [4.78, 5) is 22.8. The molecule has 116 valence electrons. The van der Waals surface area contributed by atoms with Gasteiger partial charge in [0.1, 0.15) is 11.6 Å². The standard InChI is InChI=1S/C16H23NO4/c1-16(2,3)21-15(20)14(12-8-5-4-6-9-12)17-11-7-10-13(18)19/h4-6,8-9,14,17H,7,10-11H2,1-3H3,(H,18,19). The lowest BCUT2D eigenvalue weighted by Gasteiger charge is -2.25. The van der Waals surface area contributed by atoms with Crippen molar-refractivity contribution in [2.24, 2.45) is 0 Å². The third-order valence-corrected chi connectivity index (χ3v) is 2.69. The number of carbonyl (C=O) groups excluding carboxylic acids is 1. The number of hydrogen-bond acceptors (Lipinski definition) is 4. The first kappa shape index (κ1) is 17.2. The molecular formula is C16H23NO4. The largest absolute Gasteiger partial charge is 0.481 e. The number of nitrogens with one attached hydrogen (secondary N) is 1. The fourth-order valence-corrected chi connectivity index (χ4v) is 1.83. The van der Waals surface area contributed by atoms with Crippen molar-refractivity contribution in [2.45, 2.75) is 45.3 Å². The van der Waals surface area contributed by atoms with Crippen LogP contribution in [0.15, 0.2) is 30.3 Å². The summed E-state index contributed by atoms with van der Waals surface area (Å²) < 4.78 is 5.41. The summed E-state index contributed by atoms with van der Waals surface area (Å²) in [5.41, 5.74) is 0.245. The third kappa shape index (κ3) is 6.90. The molecule has 0 fully saturated rings. The van der Waals surface area contributed by atoms with Crippen molar-refractivity contribution in [2.75, 3.05) is 6.54 Å². The van der Waals surface area contributed by atoms with Gasteiger partial charge in [0.2, 0.25) is 0 Å². The molecule has 5 heteroatoms. The SMILES string of the molecule is CC(C)(C)OC(=O)C(NCCCC(=O)O)c1ccccc1. The van der Waals surface area contributed by atoms with Crippen LogP contribution in [0.1, 0.15) is 45.2 Å². The number of benzene rings is 1. The Labute approximate surface area is 125 Å². The van der Waals surface area contributed by atoms with Crippen LogP contribution < -0.4 is 5.32 Å². The number of carboxylic acid groups (broad SMARTS) is 1. The van der Waals surface area contributed by atoms with Gasteiger partial charge in [-0.3, -0.25) is 4.79 Å². The smallest absolute Gasteiger partial charge is 0.328 e. The van der Waals surface area contributed by atoms with Crippen LogP contribution >= 0.6 is 0 Å². The van der Waals surface area contributed by atoms with Crippen LogP contribution in [-0.4, -0.2) is 29.2 Å². The van der Waals surface area contributed by atoms with Crippen LogP contribution in [-0.2, 0) is 14.3 Å². The Kier molecular flexibility index (Phi) is 6.37. The second-order valence-corrected chi connectivity index (χ2v) is 5.83. The monoisotopic (exact) mass is 293 g/mol. The van der Waals surface area contributed by atoms with Crippen molar-refractivity contribution in [1.82, 2.24) is 5.32 Å². The number of aliphatic carboxylic acids is 1. The van der Waals surface area contributed by atoms with Crippen LogP contribution in [0.25, 0.3) is 0 Å². The number of esters is 1. The molecule has 0 spiro atoms. The Morgan fingerprint density at radius 1 is 1.24 bits per heavy atom. The first-order valence-electron chi connectivity index (χ1n) is 7.02. The summed E-state index contributed by atoms with van der Waals surface area (Å²) in [6.07, 6.45) is 0.532. The van der Waals surface area contributed by atoms with E-state index in [-0.39, 0.29) is 12.4 Å². The van der Waals surface area contributed by atoms with E-state index in [4.69, 9.17) is 9.84 Å². The van der Waals surface area contributed by atoms with Gasteiger partial charge in [-0.15, -0.1) is 0 Å². The molecule has 0 aliphatic rings. The molecule has 0 saturated heterocycles. The van der Waals surface area contributed by atoms with Crippen molar-refractivity contribution < 1.29 is 19.4 Å². The van der Waals surface area contributed by atoms with E-state index in [1.807, 2.05) is 51.1 Å². The lowest BCUT2D eigenvalue weighted by atomic mass is 10.1. The molecule has 0 heterocycles. The van der Waals surface area contributed by atoms with Crippen molar-refractivity contribution >= 4 is 11.9 Å². The van der Waals surface area contributed by atoms with E-state index in [2.05, 4.69) is 5.32 Å². The fraction of sp³-hybridized carbons (Fsp3) is 0.500. The normalized spacial score (nSPS) is 12.7. The molecule has 0 saturated carbocycles. The number of rotatable bonds is 7. The van der Waals surface area contributed by atoms with Gasteiger partial charge in [-0.1, -0.05) is 30.3 Å². The highest BCUT2D eigenvalue weighted by molar-refractivity contribution is 5.78. The van der Waals surface area contributed by atoms with Gasteiger partial charge in [-0.05, 0) is 39.3 Å². The molecule has 5 nitrogen and oxygen atoms in total. The van der Waals surface area contributed by atoms with Crippen molar-refractivity contribution in [3.63, 3.8) is 0 Å². The second-order valence-electron chi connectivity index (χ2n) is 5.83. The molecule has 1 aromatic rings. The van der Waals surface area contributed by atoms with E-state index >= 15 is 0 Å².